The summed E-state index contributed by atoms with van der Waals surface area (Å²) in [5.74, 6) is 0.774. The summed E-state index contributed by atoms with van der Waals surface area (Å²) in [7, 11) is 0. The van der Waals surface area contributed by atoms with Crippen LogP contribution in [0, 0.1) is 0 Å². The first kappa shape index (κ1) is 18.8. The number of nitrogens with one attached hydrogen (secondary N) is 2. The average Bonchev–Trinajstić information content (AvgIpc) is 3.09. The van der Waals surface area contributed by atoms with E-state index in [0.29, 0.717) is 23.1 Å². The van der Waals surface area contributed by atoms with Gasteiger partial charge in [0.15, 0.2) is 5.82 Å². The Kier molecular flexibility index (Phi) is 5.29. The summed E-state index contributed by atoms with van der Waals surface area (Å²) in [6, 6.07) is 11.8. The molecule has 1 fully saturated rings. The molecule has 0 radical (unpaired) electrons. The van der Waals surface area contributed by atoms with Crippen LogP contribution in [0.3, 0.4) is 0 Å². The number of H-pyrrole nitrogens is 1. The zero-order valence-electron chi connectivity index (χ0n) is 15.2. The lowest BCUT2D eigenvalue weighted by atomic mass is 10.0. The number of carbonyl (C=O) groups excluding carboxylic acids is 1. The molecule has 2 heterocycles. The molecule has 0 unspecified atom stereocenters. The van der Waals surface area contributed by atoms with Gasteiger partial charge in [0, 0.05) is 40.7 Å². The van der Waals surface area contributed by atoms with E-state index < -0.39 is 0 Å². The second kappa shape index (κ2) is 7.86. The summed E-state index contributed by atoms with van der Waals surface area (Å²) >= 11 is 12.9. The molecule has 5 nitrogen and oxygen atoms in total. The summed E-state index contributed by atoms with van der Waals surface area (Å²) in [4.78, 5) is 13.6. The monoisotopic (exact) mass is 414 g/mol. The number of hydrogen-bond donors (Lipinski definition) is 2. The van der Waals surface area contributed by atoms with E-state index in [1.807, 2.05) is 41.3 Å². The van der Waals surface area contributed by atoms with Gasteiger partial charge in [0.05, 0.1) is 10.5 Å². The Labute approximate surface area is 173 Å². The van der Waals surface area contributed by atoms with Gasteiger partial charge in [-0.1, -0.05) is 48.0 Å². The molecule has 0 spiro atoms. The van der Waals surface area contributed by atoms with Crippen LogP contribution in [0.5, 0.6) is 0 Å². The van der Waals surface area contributed by atoms with Gasteiger partial charge >= 0.3 is 0 Å². The molecule has 0 aliphatic carbocycles. The van der Waals surface area contributed by atoms with Crippen molar-refractivity contribution >= 4 is 45.8 Å². The number of piperidine rings is 1. The quantitative estimate of drug-likeness (QED) is 0.581. The highest BCUT2D eigenvalue weighted by Crippen LogP contribution is 2.37. The number of anilines is 1. The molecule has 4 rings (SSSR count). The average molecular weight is 415 g/mol. The summed E-state index contributed by atoms with van der Waals surface area (Å²) in [6.07, 6.45) is 3.09. The van der Waals surface area contributed by atoms with Gasteiger partial charge < -0.3 is 10.2 Å². The molecule has 0 bridgehead atoms. The molecule has 3 aromatic rings. The van der Waals surface area contributed by atoms with Crippen LogP contribution in [0.25, 0.3) is 22.0 Å². The predicted octanol–water partition coefficient (Wildman–Crippen LogP) is 5.13. The molecule has 2 aromatic carbocycles. The second-order valence-corrected chi connectivity index (χ2v) is 7.69. The van der Waals surface area contributed by atoms with Crippen LogP contribution in [0.4, 0.5) is 5.82 Å². The van der Waals surface area contributed by atoms with Crippen molar-refractivity contribution in [3.05, 3.63) is 59.1 Å². The fourth-order valence-corrected chi connectivity index (χ4v) is 4.10. The third-order valence-corrected chi connectivity index (χ3v) is 5.78. The molecule has 1 aromatic heterocycles. The number of nitrogens with zero attached hydrogens (tertiary/aromatic N) is 2. The maximum absolute atomic E-state index is 11.7. The van der Waals surface area contributed by atoms with Crippen LogP contribution in [0.2, 0.25) is 10.0 Å². The van der Waals surface area contributed by atoms with Gasteiger partial charge in [0.2, 0.25) is 5.91 Å². The van der Waals surface area contributed by atoms with Crippen molar-refractivity contribution in [2.24, 2.45) is 0 Å². The highest BCUT2D eigenvalue weighted by atomic mass is 35.5. The van der Waals surface area contributed by atoms with Crippen LogP contribution >= 0.6 is 23.2 Å². The van der Waals surface area contributed by atoms with Crippen molar-refractivity contribution in [1.29, 1.82) is 0 Å². The van der Waals surface area contributed by atoms with Crippen molar-refractivity contribution in [3.8, 4) is 11.1 Å². The maximum Gasteiger partial charge on any atom is 0.245 e. The largest absolute Gasteiger partial charge is 0.365 e. The summed E-state index contributed by atoms with van der Waals surface area (Å²) in [6.45, 7) is 4.97. The Hall–Kier alpha value is -2.50. The highest BCUT2D eigenvalue weighted by Gasteiger charge is 2.22. The second-order valence-electron chi connectivity index (χ2n) is 6.88. The molecule has 2 N–H and O–H groups in total. The SMILES string of the molecule is C=CC(=O)N1CCC(Nc2n[nH]c3cc(Cl)c(-c4ccccc4Cl)cc23)CC1. The van der Waals surface area contributed by atoms with Crippen LogP contribution < -0.4 is 5.32 Å². The number of fused-ring (bicyclic) bond motifs is 1. The Bertz CT molecular complexity index is 1040. The highest BCUT2D eigenvalue weighted by molar-refractivity contribution is 6.37. The van der Waals surface area contributed by atoms with E-state index in [1.54, 1.807) is 0 Å². The number of carbonyl (C=O) groups is 1. The fraction of sp³-hybridized carbons (Fsp3) is 0.238. The molecule has 7 heteroatoms. The van der Waals surface area contributed by atoms with Crippen molar-refractivity contribution in [2.75, 3.05) is 18.4 Å². The summed E-state index contributed by atoms with van der Waals surface area (Å²) in [5.41, 5.74) is 2.62. The van der Waals surface area contributed by atoms with Gasteiger partial charge in [0.25, 0.3) is 0 Å². The first-order chi connectivity index (χ1) is 13.6. The summed E-state index contributed by atoms with van der Waals surface area (Å²) < 4.78 is 0. The van der Waals surface area contributed by atoms with Gasteiger partial charge in [-0.15, -0.1) is 0 Å². The van der Waals surface area contributed by atoms with Crippen molar-refractivity contribution in [2.45, 2.75) is 18.9 Å². The van der Waals surface area contributed by atoms with E-state index in [9.17, 15) is 4.79 Å². The van der Waals surface area contributed by atoms with Gasteiger partial charge in [-0.25, -0.2) is 0 Å². The number of halogens is 2. The van der Waals surface area contributed by atoms with E-state index in [0.717, 1.165) is 40.7 Å². The van der Waals surface area contributed by atoms with E-state index in [-0.39, 0.29) is 11.9 Å². The fourth-order valence-electron chi connectivity index (χ4n) is 3.60. The van der Waals surface area contributed by atoms with Crippen LogP contribution in [0.15, 0.2) is 49.1 Å². The van der Waals surface area contributed by atoms with Crippen LogP contribution in [-0.4, -0.2) is 40.1 Å². The molecule has 28 heavy (non-hydrogen) atoms. The van der Waals surface area contributed by atoms with E-state index in [4.69, 9.17) is 23.2 Å². The maximum atomic E-state index is 11.7. The first-order valence-electron chi connectivity index (χ1n) is 9.17. The van der Waals surface area contributed by atoms with Crippen molar-refractivity contribution in [1.82, 2.24) is 15.1 Å². The molecule has 0 atom stereocenters. The molecular weight excluding hydrogens is 395 g/mol. The van der Waals surface area contributed by atoms with E-state index in [2.05, 4.69) is 22.1 Å². The van der Waals surface area contributed by atoms with Crippen LogP contribution in [-0.2, 0) is 4.79 Å². The molecule has 1 saturated heterocycles. The normalized spacial score (nSPS) is 15.0. The van der Waals surface area contributed by atoms with Gasteiger partial charge in [-0.05, 0) is 37.1 Å². The Balaban J connectivity index is 1.59. The Morgan fingerprint density at radius 2 is 1.93 bits per heavy atom. The molecule has 144 valence electrons. The zero-order valence-corrected chi connectivity index (χ0v) is 16.7. The Morgan fingerprint density at radius 1 is 1.18 bits per heavy atom. The van der Waals surface area contributed by atoms with Gasteiger partial charge in [0.1, 0.15) is 0 Å². The molecule has 1 aliphatic heterocycles. The minimum Gasteiger partial charge on any atom is -0.365 e. The number of amides is 1. The molecular formula is C21H20Cl2N4O. The smallest absolute Gasteiger partial charge is 0.245 e. The van der Waals surface area contributed by atoms with Crippen molar-refractivity contribution in [3.63, 3.8) is 0 Å². The summed E-state index contributed by atoms with van der Waals surface area (Å²) in [5, 5.41) is 13.2. The van der Waals surface area contributed by atoms with Gasteiger partial charge in [-0.3, -0.25) is 9.89 Å². The number of aromatic amines is 1. The standard InChI is InChI=1S/C21H20Cl2N4O/c1-2-20(28)27-9-7-13(8-10-27)24-21-16-11-15(14-5-3-4-6-17(14)22)18(23)12-19(16)25-26-21/h2-6,11-13H,1,7-10H2,(H2,24,25,26). The molecule has 0 saturated carbocycles. The van der Waals surface area contributed by atoms with Gasteiger partial charge in [-0.2, -0.15) is 5.10 Å². The number of rotatable bonds is 4. The third-order valence-electron chi connectivity index (χ3n) is 5.14. The third kappa shape index (κ3) is 3.60. The Morgan fingerprint density at radius 3 is 2.64 bits per heavy atom. The number of likely N-dealkylation sites (tertiary alicyclic amines) is 1. The van der Waals surface area contributed by atoms with E-state index >= 15 is 0 Å². The number of aromatic nitrogens is 2. The topological polar surface area (TPSA) is 61.0 Å². The molecule has 1 aliphatic rings. The number of hydrogen-bond acceptors (Lipinski definition) is 3. The molecule has 1 amide bonds. The lowest BCUT2D eigenvalue weighted by Crippen LogP contribution is -2.41. The lowest BCUT2D eigenvalue weighted by molar-refractivity contribution is -0.126. The van der Waals surface area contributed by atoms with E-state index in [1.165, 1.54) is 6.08 Å². The minimum atomic E-state index is -0.0114. The number of benzene rings is 2. The predicted molar refractivity (Wildman–Crippen MR) is 115 cm³/mol. The lowest BCUT2D eigenvalue weighted by Gasteiger charge is -2.31. The van der Waals surface area contributed by atoms with Crippen molar-refractivity contribution < 1.29 is 4.79 Å². The minimum absolute atomic E-state index is 0.0114. The van der Waals surface area contributed by atoms with Crippen LogP contribution in [0.1, 0.15) is 12.8 Å². The zero-order chi connectivity index (χ0) is 19.7. The first-order valence-corrected chi connectivity index (χ1v) is 9.93.